The first-order chi connectivity index (χ1) is 9.29. The molecule has 0 aliphatic heterocycles. The van der Waals surface area contributed by atoms with E-state index in [1.807, 2.05) is 24.3 Å². The lowest BCUT2D eigenvalue weighted by atomic mass is 10.1. The first-order valence-electron chi connectivity index (χ1n) is 5.68. The summed E-state index contributed by atoms with van der Waals surface area (Å²) in [5, 5.41) is 3.87. The Morgan fingerprint density at radius 1 is 1.37 bits per heavy atom. The summed E-state index contributed by atoms with van der Waals surface area (Å²) < 4.78 is 6.47. The van der Waals surface area contributed by atoms with Crippen molar-refractivity contribution in [3.05, 3.63) is 53.0 Å². The van der Waals surface area contributed by atoms with Crippen molar-refractivity contribution >= 4 is 0 Å². The van der Waals surface area contributed by atoms with Gasteiger partial charge in [0.05, 0.1) is 12.2 Å². The van der Waals surface area contributed by atoms with Gasteiger partial charge >= 0.3 is 5.69 Å². The van der Waals surface area contributed by atoms with E-state index < -0.39 is 0 Å². The normalized spacial score (nSPS) is 10.8. The highest BCUT2D eigenvalue weighted by Crippen LogP contribution is 2.23. The maximum atomic E-state index is 11.7. The van der Waals surface area contributed by atoms with E-state index >= 15 is 0 Å². The molecule has 0 saturated carbocycles. The molecule has 0 aliphatic rings. The lowest BCUT2D eigenvalue weighted by molar-refractivity contribution is 0.380. The molecule has 0 saturated heterocycles. The van der Waals surface area contributed by atoms with Crippen molar-refractivity contribution in [3.8, 4) is 17.1 Å². The highest BCUT2D eigenvalue weighted by Gasteiger charge is 2.13. The summed E-state index contributed by atoms with van der Waals surface area (Å²) in [5.41, 5.74) is 6.60. The largest absolute Gasteiger partial charge is 0.338 e. The molecule has 3 N–H and O–H groups in total. The van der Waals surface area contributed by atoms with E-state index in [1.165, 1.54) is 4.57 Å². The Bertz CT molecular complexity index is 755. The van der Waals surface area contributed by atoms with Crippen LogP contribution in [0.5, 0.6) is 0 Å². The average Bonchev–Trinajstić information content (AvgIpc) is 3.07. The van der Waals surface area contributed by atoms with Crippen LogP contribution in [0.25, 0.3) is 17.1 Å². The number of para-hydroxylation sites is 1. The Labute approximate surface area is 107 Å². The molecule has 7 nitrogen and oxygen atoms in total. The van der Waals surface area contributed by atoms with E-state index in [-0.39, 0.29) is 12.2 Å². The maximum absolute atomic E-state index is 11.7. The topological polar surface area (TPSA) is 103 Å². The van der Waals surface area contributed by atoms with Crippen LogP contribution < -0.4 is 11.4 Å². The number of aromatic amines is 1. The molecular formula is C12H11N5O2. The van der Waals surface area contributed by atoms with Crippen LogP contribution in [0.1, 0.15) is 5.89 Å². The zero-order valence-corrected chi connectivity index (χ0v) is 9.91. The van der Waals surface area contributed by atoms with Crippen LogP contribution in [0.15, 0.2) is 46.0 Å². The fourth-order valence-corrected chi connectivity index (χ4v) is 1.83. The van der Waals surface area contributed by atoms with Crippen molar-refractivity contribution in [3.63, 3.8) is 0 Å². The van der Waals surface area contributed by atoms with Gasteiger partial charge in [-0.15, -0.1) is 0 Å². The number of imidazole rings is 1. The fraction of sp³-hybridized carbons (Fsp3) is 0.0833. The van der Waals surface area contributed by atoms with Crippen LogP contribution in [0.3, 0.4) is 0 Å². The minimum Gasteiger partial charge on any atom is -0.338 e. The molecule has 7 heteroatoms. The summed E-state index contributed by atoms with van der Waals surface area (Å²) in [7, 11) is 0. The lowest BCUT2D eigenvalue weighted by Gasteiger charge is -2.05. The maximum Gasteiger partial charge on any atom is 0.330 e. The van der Waals surface area contributed by atoms with E-state index in [1.54, 1.807) is 12.4 Å². The summed E-state index contributed by atoms with van der Waals surface area (Å²) >= 11 is 0. The van der Waals surface area contributed by atoms with Gasteiger partial charge in [-0.2, -0.15) is 4.98 Å². The Balaban J connectivity index is 2.17. The molecule has 1 aromatic carbocycles. The number of nitrogens with zero attached hydrogens (tertiary/aromatic N) is 3. The summed E-state index contributed by atoms with van der Waals surface area (Å²) in [6.07, 6.45) is 3.21. The third-order valence-corrected chi connectivity index (χ3v) is 2.70. The van der Waals surface area contributed by atoms with Gasteiger partial charge in [-0.05, 0) is 12.1 Å². The Morgan fingerprint density at radius 2 is 2.21 bits per heavy atom. The third kappa shape index (κ3) is 1.95. The van der Waals surface area contributed by atoms with E-state index in [9.17, 15) is 4.79 Å². The van der Waals surface area contributed by atoms with Gasteiger partial charge in [-0.3, -0.25) is 4.57 Å². The minimum absolute atomic E-state index is 0.180. The molecule has 3 rings (SSSR count). The number of hydrogen-bond acceptors (Lipinski definition) is 5. The summed E-state index contributed by atoms with van der Waals surface area (Å²) in [6, 6.07) is 7.31. The highest BCUT2D eigenvalue weighted by atomic mass is 16.5. The Hall–Kier alpha value is -2.67. The van der Waals surface area contributed by atoms with Crippen LogP contribution in [-0.4, -0.2) is 19.7 Å². The van der Waals surface area contributed by atoms with E-state index in [0.29, 0.717) is 23.0 Å². The molecule has 0 fully saturated rings. The molecule has 0 unspecified atom stereocenters. The van der Waals surface area contributed by atoms with E-state index in [2.05, 4.69) is 15.1 Å². The molecule has 0 atom stereocenters. The van der Waals surface area contributed by atoms with Crippen LogP contribution in [0.2, 0.25) is 0 Å². The van der Waals surface area contributed by atoms with Gasteiger partial charge in [0.2, 0.25) is 11.7 Å². The summed E-state index contributed by atoms with van der Waals surface area (Å²) in [5.74, 6) is 0.760. The predicted octanol–water partition coefficient (Wildman–Crippen LogP) is 0.674. The molecule has 3 aromatic rings. The monoisotopic (exact) mass is 257 g/mol. The highest BCUT2D eigenvalue weighted by molar-refractivity contribution is 5.66. The zero-order chi connectivity index (χ0) is 13.2. The molecule has 2 aromatic heterocycles. The van der Waals surface area contributed by atoms with Crippen molar-refractivity contribution in [2.75, 3.05) is 0 Å². The van der Waals surface area contributed by atoms with Gasteiger partial charge in [-0.1, -0.05) is 17.3 Å². The molecule has 0 bridgehead atoms. The number of benzene rings is 1. The molecule has 0 spiro atoms. The molecule has 2 heterocycles. The number of aromatic nitrogens is 4. The van der Waals surface area contributed by atoms with Crippen molar-refractivity contribution in [2.24, 2.45) is 5.73 Å². The quantitative estimate of drug-likeness (QED) is 0.718. The molecule has 0 radical (unpaired) electrons. The van der Waals surface area contributed by atoms with Crippen molar-refractivity contribution < 1.29 is 4.52 Å². The van der Waals surface area contributed by atoms with Crippen LogP contribution >= 0.6 is 0 Å². The first kappa shape index (κ1) is 11.4. The standard InChI is InChI=1S/C12H11N5O2/c13-7-10-15-11(16-19-10)8-3-1-2-4-9(8)17-6-5-14-12(17)18/h1-6H,7,13H2,(H,14,18). The van der Waals surface area contributed by atoms with Gasteiger partial charge < -0.3 is 15.2 Å². The molecular weight excluding hydrogens is 246 g/mol. The SMILES string of the molecule is NCc1nc(-c2ccccc2-n2cc[nH]c2=O)no1. The van der Waals surface area contributed by atoms with Gasteiger partial charge in [0.25, 0.3) is 0 Å². The van der Waals surface area contributed by atoms with Crippen LogP contribution in [0, 0.1) is 0 Å². The number of rotatable bonds is 3. The van der Waals surface area contributed by atoms with Crippen molar-refractivity contribution in [1.29, 1.82) is 0 Å². The van der Waals surface area contributed by atoms with Crippen molar-refractivity contribution in [1.82, 2.24) is 19.7 Å². The molecule has 96 valence electrons. The Morgan fingerprint density at radius 3 is 2.89 bits per heavy atom. The molecule has 0 aliphatic carbocycles. The second kappa shape index (κ2) is 4.54. The second-order valence-corrected chi connectivity index (χ2v) is 3.87. The number of nitrogens with two attached hydrogens (primary N) is 1. The molecule has 0 amide bonds. The van der Waals surface area contributed by atoms with Gasteiger partial charge in [-0.25, -0.2) is 4.79 Å². The van der Waals surface area contributed by atoms with E-state index in [4.69, 9.17) is 10.3 Å². The average molecular weight is 257 g/mol. The van der Waals surface area contributed by atoms with Gasteiger partial charge in [0, 0.05) is 18.0 Å². The second-order valence-electron chi connectivity index (χ2n) is 3.87. The fourth-order valence-electron chi connectivity index (χ4n) is 1.83. The minimum atomic E-state index is -0.227. The van der Waals surface area contributed by atoms with Crippen LogP contribution in [0.4, 0.5) is 0 Å². The predicted molar refractivity (Wildman–Crippen MR) is 67.6 cm³/mol. The van der Waals surface area contributed by atoms with Crippen molar-refractivity contribution in [2.45, 2.75) is 6.54 Å². The zero-order valence-electron chi connectivity index (χ0n) is 9.91. The van der Waals surface area contributed by atoms with Gasteiger partial charge in [0.1, 0.15) is 0 Å². The summed E-state index contributed by atoms with van der Waals surface area (Å²) in [6.45, 7) is 0.180. The Kier molecular flexibility index (Phi) is 2.73. The smallest absolute Gasteiger partial charge is 0.330 e. The lowest BCUT2D eigenvalue weighted by Crippen LogP contribution is -2.14. The number of H-pyrrole nitrogens is 1. The number of hydrogen-bond donors (Lipinski definition) is 2. The first-order valence-corrected chi connectivity index (χ1v) is 5.68. The van der Waals surface area contributed by atoms with Gasteiger partial charge in [0.15, 0.2) is 0 Å². The third-order valence-electron chi connectivity index (χ3n) is 2.70. The number of nitrogens with one attached hydrogen (secondary N) is 1. The molecule has 19 heavy (non-hydrogen) atoms. The summed E-state index contributed by atoms with van der Waals surface area (Å²) in [4.78, 5) is 18.4. The van der Waals surface area contributed by atoms with Crippen LogP contribution in [-0.2, 0) is 6.54 Å². The van der Waals surface area contributed by atoms with E-state index in [0.717, 1.165) is 0 Å².